The Labute approximate surface area is 128 Å². The van der Waals surface area contributed by atoms with E-state index in [1.165, 1.54) is 23.5 Å². The summed E-state index contributed by atoms with van der Waals surface area (Å²) in [4.78, 5) is 27.7. The van der Waals surface area contributed by atoms with Crippen molar-refractivity contribution in [3.63, 3.8) is 0 Å². The Morgan fingerprint density at radius 2 is 2.27 bits per heavy atom. The van der Waals surface area contributed by atoms with Gasteiger partial charge in [0, 0.05) is 30.1 Å². The Hall–Kier alpha value is -2.74. The van der Waals surface area contributed by atoms with Gasteiger partial charge in [0.1, 0.15) is 0 Å². The number of imidazole rings is 1. The zero-order chi connectivity index (χ0) is 15.7. The van der Waals surface area contributed by atoms with Crippen molar-refractivity contribution in [1.29, 1.82) is 0 Å². The highest BCUT2D eigenvalue weighted by Gasteiger charge is 2.15. The van der Waals surface area contributed by atoms with Crippen molar-refractivity contribution in [3.05, 3.63) is 52.5 Å². The van der Waals surface area contributed by atoms with Crippen molar-refractivity contribution in [2.24, 2.45) is 0 Å². The van der Waals surface area contributed by atoms with Gasteiger partial charge in [-0.25, -0.2) is 9.78 Å². The quantitative estimate of drug-likeness (QED) is 0.419. The Morgan fingerprint density at radius 3 is 2.95 bits per heavy atom. The Bertz CT molecular complexity index is 836. The van der Waals surface area contributed by atoms with Crippen LogP contribution < -0.4 is 0 Å². The molecule has 0 saturated heterocycles. The predicted octanol–water partition coefficient (Wildman–Crippen LogP) is 3.15. The van der Waals surface area contributed by atoms with E-state index in [9.17, 15) is 14.9 Å². The summed E-state index contributed by atoms with van der Waals surface area (Å²) < 4.78 is 6.61. The van der Waals surface area contributed by atoms with E-state index < -0.39 is 10.9 Å². The van der Waals surface area contributed by atoms with Crippen LogP contribution in [0.1, 0.15) is 17.4 Å². The Morgan fingerprint density at radius 1 is 1.45 bits per heavy atom. The van der Waals surface area contributed by atoms with E-state index in [0.29, 0.717) is 11.6 Å². The second-order valence-corrected chi connectivity index (χ2v) is 5.45. The number of hydrogen-bond acceptors (Lipinski definition) is 6. The summed E-state index contributed by atoms with van der Waals surface area (Å²) in [7, 11) is 0. The number of fused-ring (bicyclic) bond motifs is 1. The van der Waals surface area contributed by atoms with Gasteiger partial charge in [0.05, 0.1) is 16.4 Å². The van der Waals surface area contributed by atoms with Gasteiger partial charge in [-0.05, 0) is 6.92 Å². The average Bonchev–Trinajstić information content (AvgIpc) is 3.06. The number of carbonyl (C=O) groups is 1. The topological polar surface area (TPSA) is 86.7 Å². The van der Waals surface area contributed by atoms with Crippen LogP contribution in [0.15, 0.2) is 36.7 Å². The predicted molar refractivity (Wildman–Crippen MR) is 81.1 cm³/mol. The molecule has 112 valence electrons. The molecule has 8 heteroatoms. The van der Waals surface area contributed by atoms with Crippen molar-refractivity contribution in [2.45, 2.75) is 6.92 Å². The summed E-state index contributed by atoms with van der Waals surface area (Å²) >= 11 is 1.35. The van der Waals surface area contributed by atoms with Gasteiger partial charge in [-0.1, -0.05) is 23.5 Å². The molecule has 0 spiro atoms. The third-order valence-electron chi connectivity index (χ3n) is 2.98. The molecule has 0 unspecified atom stereocenters. The Kier molecular flexibility index (Phi) is 3.60. The maximum atomic E-state index is 11.6. The van der Waals surface area contributed by atoms with E-state index in [2.05, 4.69) is 4.98 Å². The van der Waals surface area contributed by atoms with Crippen LogP contribution in [0.4, 0.5) is 5.69 Å². The van der Waals surface area contributed by atoms with E-state index in [1.807, 2.05) is 0 Å². The summed E-state index contributed by atoms with van der Waals surface area (Å²) in [5.41, 5.74) is 1.02. The number of nitro groups is 1. The van der Waals surface area contributed by atoms with Crippen LogP contribution in [0.3, 0.4) is 0 Å². The zero-order valence-corrected chi connectivity index (χ0v) is 12.4. The molecule has 7 nitrogen and oxygen atoms in total. The fraction of sp³-hybridized carbons (Fsp3) is 0.143. The molecule has 0 radical (unpaired) electrons. The minimum absolute atomic E-state index is 0.0377. The van der Waals surface area contributed by atoms with E-state index in [1.54, 1.807) is 35.9 Å². The van der Waals surface area contributed by atoms with Crippen molar-refractivity contribution in [2.75, 3.05) is 6.61 Å². The van der Waals surface area contributed by atoms with Crippen LogP contribution in [0.5, 0.6) is 0 Å². The number of non-ortho nitro benzene ring substituents is 1. The minimum atomic E-state index is -0.463. The highest BCUT2D eigenvalue weighted by Crippen LogP contribution is 2.30. The monoisotopic (exact) mass is 317 g/mol. The molecule has 1 aromatic carbocycles. The highest BCUT2D eigenvalue weighted by molar-refractivity contribution is 7.20. The number of thiazole rings is 1. The summed E-state index contributed by atoms with van der Waals surface area (Å²) in [6.07, 6.45) is 3.37. The van der Waals surface area contributed by atoms with E-state index in [-0.39, 0.29) is 11.4 Å². The van der Waals surface area contributed by atoms with Gasteiger partial charge in [-0.2, -0.15) is 0 Å². The van der Waals surface area contributed by atoms with Crippen LogP contribution in [0.2, 0.25) is 0 Å². The molecular weight excluding hydrogens is 306 g/mol. The van der Waals surface area contributed by atoms with Gasteiger partial charge in [-0.3, -0.25) is 14.5 Å². The molecule has 0 aliphatic carbocycles. The fourth-order valence-electron chi connectivity index (χ4n) is 2.01. The SMILES string of the molecule is CCOC(=O)c1cn2cc(-c3cccc([N+](=O)[O-])c3)sc2n1. The number of nitrogens with zero attached hydrogens (tertiary/aromatic N) is 3. The smallest absolute Gasteiger partial charge is 0.358 e. The zero-order valence-electron chi connectivity index (χ0n) is 11.6. The first-order chi connectivity index (χ1) is 10.6. The third-order valence-corrected chi connectivity index (χ3v) is 4.03. The normalized spacial score (nSPS) is 10.8. The molecule has 2 heterocycles. The number of carbonyl (C=O) groups excluding carboxylic acids is 1. The molecule has 3 aromatic rings. The molecule has 0 amide bonds. The lowest BCUT2D eigenvalue weighted by molar-refractivity contribution is -0.384. The molecule has 0 bridgehead atoms. The van der Waals surface area contributed by atoms with E-state index in [0.717, 1.165) is 10.4 Å². The van der Waals surface area contributed by atoms with Gasteiger partial charge in [0.25, 0.3) is 5.69 Å². The largest absolute Gasteiger partial charge is 0.461 e. The molecule has 0 saturated carbocycles. The van der Waals surface area contributed by atoms with Gasteiger partial charge in [-0.15, -0.1) is 0 Å². The van der Waals surface area contributed by atoms with Gasteiger partial charge in [0.2, 0.25) is 0 Å². The highest BCUT2D eigenvalue weighted by atomic mass is 32.1. The van der Waals surface area contributed by atoms with Crippen LogP contribution in [-0.2, 0) is 4.74 Å². The Balaban J connectivity index is 1.96. The van der Waals surface area contributed by atoms with Gasteiger partial charge in [0.15, 0.2) is 10.7 Å². The molecule has 0 N–H and O–H groups in total. The van der Waals surface area contributed by atoms with Crippen molar-refractivity contribution in [1.82, 2.24) is 9.38 Å². The van der Waals surface area contributed by atoms with E-state index >= 15 is 0 Å². The lowest BCUT2D eigenvalue weighted by Gasteiger charge is -1.97. The molecule has 0 aliphatic rings. The summed E-state index contributed by atoms with van der Waals surface area (Å²) in [5, 5.41) is 10.8. The third kappa shape index (κ3) is 2.56. The number of rotatable bonds is 4. The summed E-state index contributed by atoms with van der Waals surface area (Å²) in [5.74, 6) is -0.463. The molecule has 3 rings (SSSR count). The lowest BCUT2D eigenvalue weighted by Crippen LogP contribution is -2.04. The molecule has 0 fully saturated rings. The molecule has 22 heavy (non-hydrogen) atoms. The van der Waals surface area contributed by atoms with Gasteiger partial charge >= 0.3 is 5.97 Å². The summed E-state index contributed by atoms with van der Waals surface area (Å²) in [6.45, 7) is 2.03. The first kappa shape index (κ1) is 14.2. The number of benzene rings is 1. The molecule has 0 atom stereocenters. The maximum Gasteiger partial charge on any atom is 0.358 e. The molecular formula is C14H11N3O4S. The number of aromatic nitrogens is 2. The number of hydrogen-bond donors (Lipinski definition) is 0. The van der Waals surface area contributed by atoms with E-state index in [4.69, 9.17) is 4.74 Å². The van der Waals surface area contributed by atoms with Crippen LogP contribution >= 0.6 is 11.3 Å². The number of esters is 1. The van der Waals surface area contributed by atoms with Gasteiger partial charge < -0.3 is 4.74 Å². The van der Waals surface area contributed by atoms with Crippen LogP contribution in [-0.4, -0.2) is 26.9 Å². The average molecular weight is 317 g/mol. The van der Waals surface area contributed by atoms with Crippen molar-refractivity contribution in [3.8, 4) is 10.4 Å². The van der Waals surface area contributed by atoms with Crippen molar-refractivity contribution < 1.29 is 14.5 Å². The second-order valence-electron chi connectivity index (χ2n) is 4.44. The standard InChI is InChI=1S/C14H11N3O4S/c1-2-21-13(18)11-7-16-8-12(22-14(16)15-11)9-4-3-5-10(6-9)17(19)20/h3-8H,2H2,1H3. The second kappa shape index (κ2) is 5.57. The van der Waals surface area contributed by atoms with Crippen LogP contribution in [0.25, 0.3) is 15.4 Å². The minimum Gasteiger partial charge on any atom is -0.461 e. The molecule has 2 aromatic heterocycles. The number of nitro benzene ring substituents is 1. The summed E-state index contributed by atoms with van der Waals surface area (Å²) in [6, 6.07) is 6.39. The van der Waals surface area contributed by atoms with Crippen molar-refractivity contribution >= 4 is 28.0 Å². The number of ether oxygens (including phenoxy) is 1. The maximum absolute atomic E-state index is 11.6. The first-order valence-electron chi connectivity index (χ1n) is 6.49. The lowest BCUT2D eigenvalue weighted by atomic mass is 10.2. The van der Waals surface area contributed by atoms with Crippen LogP contribution in [0, 0.1) is 10.1 Å². The molecule has 0 aliphatic heterocycles. The fourth-order valence-corrected chi connectivity index (χ4v) is 2.97. The first-order valence-corrected chi connectivity index (χ1v) is 7.30.